The number of aromatic nitrogens is 5. The average Bonchev–Trinajstić information content (AvgIpc) is 3.10. The van der Waals surface area contributed by atoms with E-state index in [1.54, 1.807) is 19.3 Å². The number of pyridine rings is 2. The third-order valence-electron chi connectivity index (χ3n) is 5.83. The van der Waals surface area contributed by atoms with Crippen LogP contribution in [0.3, 0.4) is 0 Å². The molecule has 0 aliphatic heterocycles. The van der Waals surface area contributed by atoms with Crippen LogP contribution in [-0.4, -0.2) is 29.0 Å². The van der Waals surface area contributed by atoms with Crippen LogP contribution in [0.4, 0.5) is 4.39 Å². The predicted molar refractivity (Wildman–Crippen MR) is 124 cm³/mol. The Hall–Kier alpha value is -3.59. The maximum Gasteiger partial charge on any atom is 0.350 e. The summed E-state index contributed by atoms with van der Waals surface area (Å²) in [5.74, 6) is -0.592. The summed E-state index contributed by atoms with van der Waals surface area (Å²) in [5, 5.41) is 14.4. The lowest BCUT2D eigenvalue weighted by atomic mass is 9.97. The third kappa shape index (κ3) is 3.68. The first-order chi connectivity index (χ1) is 15.7. The van der Waals surface area contributed by atoms with Crippen molar-refractivity contribution < 1.29 is 9.50 Å². The lowest BCUT2D eigenvalue weighted by Gasteiger charge is -2.17. The quantitative estimate of drug-likeness (QED) is 0.503. The fourth-order valence-corrected chi connectivity index (χ4v) is 4.08. The Bertz CT molecular complexity index is 1500. The van der Waals surface area contributed by atoms with Gasteiger partial charge in [-0.05, 0) is 61.4 Å². The normalized spacial score (nSPS) is 11.6. The molecule has 8 nitrogen and oxygen atoms in total. The zero-order valence-corrected chi connectivity index (χ0v) is 19.3. The summed E-state index contributed by atoms with van der Waals surface area (Å²) in [6.45, 7) is 9.27. The molecule has 0 fully saturated rings. The molecule has 0 bridgehead atoms. The number of hydrogen-bond acceptors (Lipinski definition) is 5. The second-order valence-electron chi connectivity index (χ2n) is 8.39. The highest BCUT2D eigenvalue weighted by Gasteiger charge is 2.20. The molecule has 0 atom stereocenters. The fraction of sp³-hybridized carbons (Fsp3) is 0.333. The number of aliphatic hydroxyl groups excluding tert-OH is 1. The first-order valence-corrected chi connectivity index (χ1v) is 10.8. The van der Waals surface area contributed by atoms with Crippen molar-refractivity contribution >= 4 is 10.8 Å². The Balaban J connectivity index is 2.06. The van der Waals surface area contributed by atoms with E-state index in [1.165, 1.54) is 15.2 Å². The number of aliphatic hydroxyl groups is 1. The fourth-order valence-electron chi connectivity index (χ4n) is 4.08. The number of rotatable bonds is 5. The molecule has 3 heterocycles. The molecule has 0 amide bonds. The van der Waals surface area contributed by atoms with Crippen LogP contribution in [-0.2, 0) is 13.2 Å². The first-order valence-electron chi connectivity index (χ1n) is 10.8. The zero-order chi connectivity index (χ0) is 24.0. The van der Waals surface area contributed by atoms with E-state index in [0.29, 0.717) is 11.1 Å². The summed E-state index contributed by atoms with van der Waals surface area (Å²) in [6.07, 6.45) is 3.47. The molecule has 172 valence electrons. The van der Waals surface area contributed by atoms with E-state index in [2.05, 4.69) is 10.1 Å². The van der Waals surface area contributed by atoms with Crippen molar-refractivity contribution in [3.63, 3.8) is 0 Å². The molecule has 0 aliphatic rings. The molecular weight excluding hydrogens is 425 g/mol. The highest BCUT2D eigenvalue weighted by molar-refractivity contribution is 5.87. The van der Waals surface area contributed by atoms with Crippen molar-refractivity contribution in [3.8, 4) is 11.4 Å². The van der Waals surface area contributed by atoms with Crippen molar-refractivity contribution in [2.75, 3.05) is 0 Å². The summed E-state index contributed by atoms with van der Waals surface area (Å²) in [5.41, 5.74) is 2.11. The van der Waals surface area contributed by atoms with E-state index in [0.717, 1.165) is 27.6 Å². The van der Waals surface area contributed by atoms with Gasteiger partial charge in [-0.15, -0.1) is 5.10 Å². The SMILES string of the molecule is CCn1c(CO)nn(-c2cc3c(C(C)C)cn(-c4cc(C)ncc4C)c(=O)c3cc2F)c1=O. The molecule has 1 N–H and O–H groups in total. The van der Waals surface area contributed by atoms with E-state index >= 15 is 4.39 Å². The van der Waals surface area contributed by atoms with Crippen molar-refractivity contribution in [1.29, 1.82) is 0 Å². The summed E-state index contributed by atoms with van der Waals surface area (Å²) in [6, 6.07) is 4.48. The van der Waals surface area contributed by atoms with Crippen molar-refractivity contribution in [2.24, 2.45) is 0 Å². The zero-order valence-electron chi connectivity index (χ0n) is 19.3. The Morgan fingerprint density at radius 3 is 2.42 bits per heavy atom. The van der Waals surface area contributed by atoms with Gasteiger partial charge in [0, 0.05) is 24.6 Å². The lowest BCUT2D eigenvalue weighted by Crippen LogP contribution is -2.25. The highest BCUT2D eigenvalue weighted by Crippen LogP contribution is 2.28. The minimum absolute atomic E-state index is 0.0128. The smallest absolute Gasteiger partial charge is 0.350 e. The van der Waals surface area contributed by atoms with Gasteiger partial charge >= 0.3 is 5.69 Å². The molecule has 9 heteroatoms. The van der Waals surface area contributed by atoms with Gasteiger partial charge in [-0.2, -0.15) is 4.68 Å². The maximum atomic E-state index is 15.3. The molecule has 4 rings (SSSR count). The molecular formula is C24H26FN5O3. The van der Waals surface area contributed by atoms with E-state index < -0.39 is 18.1 Å². The summed E-state index contributed by atoms with van der Waals surface area (Å²) in [7, 11) is 0. The number of benzene rings is 1. The van der Waals surface area contributed by atoms with Gasteiger partial charge in [0.25, 0.3) is 5.56 Å². The Morgan fingerprint density at radius 1 is 1.09 bits per heavy atom. The van der Waals surface area contributed by atoms with Crippen molar-refractivity contribution in [1.82, 2.24) is 23.9 Å². The molecule has 0 radical (unpaired) electrons. The van der Waals surface area contributed by atoms with Crippen LogP contribution in [0.2, 0.25) is 0 Å². The van der Waals surface area contributed by atoms with Crippen molar-refractivity contribution in [3.05, 3.63) is 79.9 Å². The number of halogens is 1. The minimum atomic E-state index is -0.748. The van der Waals surface area contributed by atoms with Gasteiger partial charge in [0.1, 0.15) is 18.1 Å². The van der Waals surface area contributed by atoms with Crippen LogP contribution in [0.1, 0.15) is 49.3 Å². The molecule has 1 aromatic carbocycles. The largest absolute Gasteiger partial charge is 0.388 e. The Kier molecular flexibility index (Phi) is 5.75. The monoisotopic (exact) mass is 451 g/mol. The second-order valence-corrected chi connectivity index (χ2v) is 8.39. The van der Waals surface area contributed by atoms with Gasteiger partial charge in [-0.25, -0.2) is 9.18 Å². The summed E-state index contributed by atoms with van der Waals surface area (Å²) in [4.78, 5) is 30.5. The van der Waals surface area contributed by atoms with Gasteiger partial charge in [0.05, 0.1) is 11.1 Å². The van der Waals surface area contributed by atoms with Gasteiger partial charge in [-0.1, -0.05) is 13.8 Å². The van der Waals surface area contributed by atoms with E-state index in [4.69, 9.17) is 0 Å². The first kappa shape index (κ1) is 22.6. The molecule has 0 saturated carbocycles. The second kappa shape index (κ2) is 8.40. The van der Waals surface area contributed by atoms with Gasteiger partial charge in [-0.3, -0.25) is 18.9 Å². The van der Waals surface area contributed by atoms with Crippen LogP contribution in [0, 0.1) is 19.7 Å². The molecule has 0 saturated heterocycles. The van der Waals surface area contributed by atoms with Crippen LogP contribution in [0.15, 0.2) is 40.2 Å². The standard InChI is InChI=1S/C24H26FN5O3/c1-6-28-22(12-31)27-30(24(28)33)21-9-16-17(8-19(21)25)23(32)29(11-18(16)13(2)3)20-7-15(5)26-10-14(20)4/h7-11,13,31H,6,12H2,1-5H3. The molecule has 0 spiro atoms. The van der Waals surface area contributed by atoms with Crippen LogP contribution < -0.4 is 11.2 Å². The van der Waals surface area contributed by atoms with Gasteiger partial charge in [0.15, 0.2) is 5.82 Å². The Morgan fingerprint density at radius 2 is 1.82 bits per heavy atom. The molecule has 4 aromatic rings. The summed E-state index contributed by atoms with van der Waals surface area (Å²) < 4.78 is 19.0. The Labute approximate surface area is 189 Å². The minimum Gasteiger partial charge on any atom is -0.388 e. The number of aryl methyl sites for hydroxylation is 2. The van der Waals surface area contributed by atoms with E-state index in [1.807, 2.05) is 33.8 Å². The third-order valence-corrected chi connectivity index (χ3v) is 5.83. The predicted octanol–water partition coefficient (Wildman–Crippen LogP) is 3.12. The average molecular weight is 452 g/mol. The van der Waals surface area contributed by atoms with Gasteiger partial charge < -0.3 is 5.11 Å². The van der Waals surface area contributed by atoms with Gasteiger partial charge in [0.2, 0.25) is 0 Å². The van der Waals surface area contributed by atoms with E-state index in [-0.39, 0.29) is 34.9 Å². The summed E-state index contributed by atoms with van der Waals surface area (Å²) >= 11 is 0. The number of fused-ring (bicyclic) bond motifs is 1. The topological polar surface area (TPSA) is 94.9 Å². The number of nitrogens with zero attached hydrogens (tertiary/aromatic N) is 5. The molecule has 3 aromatic heterocycles. The number of hydrogen-bond donors (Lipinski definition) is 1. The van der Waals surface area contributed by atoms with Crippen molar-refractivity contribution in [2.45, 2.75) is 53.7 Å². The molecule has 33 heavy (non-hydrogen) atoms. The van der Waals surface area contributed by atoms with E-state index in [9.17, 15) is 14.7 Å². The van der Waals surface area contributed by atoms with Crippen LogP contribution in [0.5, 0.6) is 0 Å². The molecule has 0 unspecified atom stereocenters. The maximum absolute atomic E-state index is 15.3. The van der Waals surface area contributed by atoms with Crippen LogP contribution in [0.25, 0.3) is 22.1 Å². The highest BCUT2D eigenvalue weighted by atomic mass is 19.1. The molecule has 0 aliphatic carbocycles. The van der Waals surface area contributed by atoms with Crippen LogP contribution >= 0.6 is 0 Å². The lowest BCUT2D eigenvalue weighted by molar-refractivity contribution is 0.264.